The Morgan fingerprint density at radius 2 is 1.95 bits per heavy atom. The van der Waals surface area contributed by atoms with E-state index in [-0.39, 0.29) is 5.91 Å². The summed E-state index contributed by atoms with van der Waals surface area (Å²) in [4.78, 5) is 14.6. The number of hydrogen-bond donors (Lipinski definition) is 0. The van der Waals surface area contributed by atoms with E-state index >= 15 is 0 Å². The summed E-state index contributed by atoms with van der Waals surface area (Å²) in [7, 11) is 0. The molecule has 1 saturated heterocycles. The van der Waals surface area contributed by atoms with Gasteiger partial charge in [0.2, 0.25) is 0 Å². The van der Waals surface area contributed by atoms with E-state index in [2.05, 4.69) is 35.0 Å². The van der Waals surface area contributed by atoms with Gasteiger partial charge in [-0.2, -0.15) is 0 Å². The van der Waals surface area contributed by atoms with E-state index in [1.165, 1.54) is 6.42 Å². The zero-order valence-corrected chi connectivity index (χ0v) is 13.2. The molecule has 1 unspecified atom stereocenters. The van der Waals surface area contributed by atoms with Crippen LogP contribution < -0.4 is 0 Å². The van der Waals surface area contributed by atoms with Gasteiger partial charge in [-0.1, -0.05) is 35.0 Å². The summed E-state index contributed by atoms with van der Waals surface area (Å²) >= 11 is 3.47. The molecule has 1 atom stereocenters. The zero-order chi connectivity index (χ0) is 14.1. The predicted octanol–water partition coefficient (Wildman–Crippen LogP) is 4.47. The average Bonchev–Trinajstić information content (AvgIpc) is 2.46. The Morgan fingerprint density at radius 3 is 2.75 bits per heavy atom. The van der Waals surface area contributed by atoms with Crippen LogP contribution in [0.5, 0.6) is 0 Å². The third-order valence-electron chi connectivity index (χ3n) is 3.99. The highest BCUT2D eigenvalue weighted by Crippen LogP contribution is 2.23. The monoisotopic (exact) mass is 331 g/mol. The van der Waals surface area contributed by atoms with Crippen LogP contribution >= 0.6 is 15.9 Å². The van der Waals surface area contributed by atoms with E-state index in [4.69, 9.17) is 0 Å². The number of carbonyl (C=O) groups excluding carboxylic acids is 1. The molecule has 2 aromatic carbocycles. The number of carbonyl (C=O) groups is 1. The van der Waals surface area contributed by atoms with E-state index in [1.807, 2.05) is 29.2 Å². The molecule has 3 heteroatoms. The highest BCUT2D eigenvalue weighted by atomic mass is 79.9. The highest BCUT2D eigenvalue weighted by Gasteiger charge is 2.21. The summed E-state index contributed by atoms with van der Waals surface area (Å²) in [6.07, 6.45) is 2.35. The van der Waals surface area contributed by atoms with Crippen molar-refractivity contribution in [1.82, 2.24) is 4.90 Å². The largest absolute Gasteiger partial charge is 0.338 e. The molecule has 2 nitrogen and oxygen atoms in total. The fourth-order valence-electron chi connectivity index (χ4n) is 2.91. The Bertz CT molecular complexity index is 652. The second-order valence-corrected chi connectivity index (χ2v) is 6.62. The molecule has 0 N–H and O–H groups in total. The molecule has 0 spiro atoms. The highest BCUT2D eigenvalue weighted by molar-refractivity contribution is 9.10. The summed E-state index contributed by atoms with van der Waals surface area (Å²) < 4.78 is 1.06. The first-order chi connectivity index (χ1) is 9.63. The van der Waals surface area contributed by atoms with Crippen molar-refractivity contribution >= 4 is 32.6 Å². The zero-order valence-electron chi connectivity index (χ0n) is 11.6. The second-order valence-electron chi connectivity index (χ2n) is 5.70. The van der Waals surface area contributed by atoms with Crippen molar-refractivity contribution in [1.29, 1.82) is 0 Å². The number of rotatable bonds is 1. The maximum Gasteiger partial charge on any atom is 0.253 e. The minimum absolute atomic E-state index is 0.168. The Hall–Kier alpha value is -1.35. The minimum atomic E-state index is 0.168. The lowest BCUT2D eigenvalue weighted by Crippen LogP contribution is -2.39. The molecule has 0 saturated carbocycles. The molecule has 0 radical (unpaired) electrons. The van der Waals surface area contributed by atoms with Crippen LogP contribution in [0.3, 0.4) is 0 Å². The molecule has 2 aromatic rings. The molecule has 1 aliphatic rings. The number of hydrogen-bond acceptors (Lipinski definition) is 1. The Balaban J connectivity index is 1.89. The first-order valence-corrected chi connectivity index (χ1v) is 7.91. The molecular weight excluding hydrogens is 314 g/mol. The molecule has 20 heavy (non-hydrogen) atoms. The first kappa shape index (κ1) is 13.6. The molecule has 3 rings (SSSR count). The maximum absolute atomic E-state index is 12.6. The van der Waals surface area contributed by atoms with Gasteiger partial charge in [0, 0.05) is 23.1 Å². The van der Waals surface area contributed by atoms with Gasteiger partial charge < -0.3 is 4.90 Å². The summed E-state index contributed by atoms with van der Waals surface area (Å²) in [5.74, 6) is 0.783. The van der Waals surface area contributed by atoms with Gasteiger partial charge in [-0.25, -0.2) is 0 Å². The van der Waals surface area contributed by atoms with Gasteiger partial charge in [0.05, 0.1) is 0 Å². The van der Waals surface area contributed by atoms with Gasteiger partial charge in [-0.05, 0) is 53.8 Å². The van der Waals surface area contributed by atoms with Crippen LogP contribution in [0.2, 0.25) is 0 Å². The fourth-order valence-corrected chi connectivity index (χ4v) is 3.28. The number of nitrogens with zero attached hydrogens (tertiary/aromatic N) is 1. The van der Waals surface area contributed by atoms with Crippen molar-refractivity contribution < 1.29 is 4.79 Å². The fraction of sp³-hybridized carbons (Fsp3) is 0.353. The standard InChI is InChI=1S/C17H18BrNO/c1-12-3-2-8-19(11-12)17(20)15-5-4-14-10-16(18)7-6-13(14)9-15/h4-7,9-10,12H,2-3,8,11H2,1H3. The molecule has 0 aromatic heterocycles. The average molecular weight is 332 g/mol. The van der Waals surface area contributed by atoms with Crippen molar-refractivity contribution in [2.24, 2.45) is 5.92 Å². The molecule has 1 heterocycles. The normalized spacial score (nSPS) is 19.3. The topological polar surface area (TPSA) is 20.3 Å². The van der Waals surface area contributed by atoms with Gasteiger partial charge in [-0.3, -0.25) is 4.79 Å². The third-order valence-corrected chi connectivity index (χ3v) is 4.49. The summed E-state index contributed by atoms with van der Waals surface area (Å²) in [6.45, 7) is 4.00. The summed E-state index contributed by atoms with van der Waals surface area (Å²) in [5, 5.41) is 2.27. The number of amides is 1. The molecule has 1 fully saturated rings. The molecular formula is C17H18BrNO. The maximum atomic E-state index is 12.6. The van der Waals surface area contributed by atoms with Crippen molar-refractivity contribution in [2.75, 3.05) is 13.1 Å². The van der Waals surface area contributed by atoms with Crippen LogP contribution in [-0.4, -0.2) is 23.9 Å². The smallest absolute Gasteiger partial charge is 0.253 e. The van der Waals surface area contributed by atoms with Crippen LogP contribution in [-0.2, 0) is 0 Å². The van der Waals surface area contributed by atoms with Crippen molar-refractivity contribution in [2.45, 2.75) is 19.8 Å². The lowest BCUT2D eigenvalue weighted by molar-refractivity contribution is 0.0683. The number of halogens is 1. The van der Waals surface area contributed by atoms with E-state index in [9.17, 15) is 4.79 Å². The SMILES string of the molecule is CC1CCCN(C(=O)c2ccc3cc(Br)ccc3c2)C1. The molecule has 1 aliphatic heterocycles. The second kappa shape index (κ2) is 5.57. The Kier molecular flexibility index (Phi) is 3.79. The minimum Gasteiger partial charge on any atom is -0.338 e. The van der Waals surface area contributed by atoms with E-state index in [0.717, 1.165) is 40.3 Å². The van der Waals surface area contributed by atoms with Gasteiger partial charge in [0.1, 0.15) is 0 Å². The van der Waals surface area contributed by atoms with E-state index in [1.54, 1.807) is 0 Å². The van der Waals surface area contributed by atoms with Crippen molar-refractivity contribution in [3.8, 4) is 0 Å². The molecule has 104 valence electrons. The number of piperidine rings is 1. The number of likely N-dealkylation sites (tertiary alicyclic amines) is 1. The number of fused-ring (bicyclic) bond motifs is 1. The van der Waals surface area contributed by atoms with Crippen LogP contribution in [0.15, 0.2) is 40.9 Å². The number of benzene rings is 2. The Morgan fingerprint density at radius 1 is 1.20 bits per heavy atom. The van der Waals surface area contributed by atoms with Gasteiger partial charge in [-0.15, -0.1) is 0 Å². The van der Waals surface area contributed by atoms with Gasteiger partial charge in [0.15, 0.2) is 0 Å². The molecule has 0 aliphatic carbocycles. The van der Waals surface area contributed by atoms with Crippen LogP contribution in [0.1, 0.15) is 30.1 Å². The Labute approximate surface area is 127 Å². The summed E-state index contributed by atoms with van der Waals surface area (Å²) in [5.41, 5.74) is 0.800. The molecule has 0 bridgehead atoms. The quantitative estimate of drug-likeness (QED) is 0.754. The van der Waals surface area contributed by atoms with Crippen LogP contribution in [0.4, 0.5) is 0 Å². The van der Waals surface area contributed by atoms with Gasteiger partial charge >= 0.3 is 0 Å². The lowest BCUT2D eigenvalue weighted by Gasteiger charge is -2.31. The third kappa shape index (κ3) is 2.73. The van der Waals surface area contributed by atoms with E-state index < -0.39 is 0 Å². The van der Waals surface area contributed by atoms with Crippen molar-refractivity contribution in [3.05, 3.63) is 46.4 Å². The van der Waals surface area contributed by atoms with Gasteiger partial charge in [0.25, 0.3) is 5.91 Å². The van der Waals surface area contributed by atoms with Crippen molar-refractivity contribution in [3.63, 3.8) is 0 Å². The van der Waals surface area contributed by atoms with E-state index in [0.29, 0.717) is 5.92 Å². The first-order valence-electron chi connectivity index (χ1n) is 7.12. The van der Waals surface area contributed by atoms with Crippen LogP contribution in [0.25, 0.3) is 10.8 Å². The molecule has 1 amide bonds. The predicted molar refractivity (Wildman–Crippen MR) is 85.9 cm³/mol. The summed E-state index contributed by atoms with van der Waals surface area (Å²) in [6, 6.07) is 12.1. The van der Waals surface area contributed by atoms with Crippen LogP contribution in [0, 0.1) is 5.92 Å². The lowest BCUT2D eigenvalue weighted by atomic mass is 9.99.